The average molecular weight is 284 g/mol. The van der Waals surface area contributed by atoms with Crippen molar-refractivity contribution in [3.05, 3.63) is 89.9 Å². The zero-order valence-corrected chi connectivity index (χ0v) is 11.1. The van der Waals surface area contributed by atoms with Gasteiger partial charge in [0.05, 0.1) is 12.5 Å². The minimum atomic E-state index is -0.593. The Morgan fingerprint density at radius 3 is 2.52 bits per heavy atom. The number of hydrogen-bond donors (Lipinski definition) is 0. The van der Waals surface area contributed by atoms with Gasteiger partial charge < -0.3 is 0 Å². The molecule has 105 valence electrons. The number of benzene rings is 2. The molecule has 21 heavy (non-hydrogen) atoms. The van der Waals surface area contributed by atoms with Crippen LogP contribution in [-0.2, 0) is 6.54 Å². The maximum Gasteiger partial charge on any atom is 0.137 e. The predicted molar refractivity (Wildman–Crippen MR) is 74.3 cm³/mol. The molecule has 0 saturated heterocycles. The van der Waals surface area contributed by atoms with Crippen LogP contribution in [0.5, 0.6) is 0 Å². The molecule has 0 aliphatic heterocycles. The highest BCUT2D eigenvalue weighted by molar-refractivity contribution is 5.46. The normalized spacial score (nSPS) is 11.0. The molecule has 5 heteroatoms. The van der Waals surface area contributed by atoms with Gasteiger partial charge in [-0.3, -0.25) is 4.68 Å². The van der Waals surface area contributed by atoms with Gasteiger partial charge in [0.15, 0.2) is 0 Å². The van der Waals surface area contributed by atoms with Gasteiger partial charge in [-0.25, -0.2) is 13.8 Å². The van der Waals surface area contributed by atoms with E-state index < -0.39 is 11.6 Å². The first kappa shape index (κ1) is 13.4. The third kappa shape index (κ3) is 2.97. The molecule has 0 aliphatic carbocycles. The summed E-state index contributed by atoms with van der Waals surface area (Å²) >= 11 is 0. The highest BCUT2D eigenvalue weighted by atomic mass is 19.1. The van der Waals surface area contributed by atoms with Crippen molar-refractivity contribution >= 4 is 0 Å². The second kappa shape index (κ2) is 5.83. The largest absolute Gasteiger partial charge is 0.252 e. The molecule has 0 spiro atoms. The zero-order valence-electron chi connectivity index (χ0n) is 11.1. The van der Waals surface area contributed by atoms with Crippen LogP contribution in [0, 0.1) is 17.6 Å². The maximum absolute atomic E-state index is 14.1. The van der Waals surface area contributed by atoms with Gasteiger partial charge in [-0.15, -0.1) is 0 Å². The number of nitrogens with zero attached hydrogens (tertiary/aromatic N) is 3. The van der Waals surface area contributed by atoms with Crippen LogP contribution in [0.15, 0.2) is 61.2 Å². The zero-order chi connectivity index (χ0) is 14.7. The topological polar surface area (TPSA) is 30.7 Å². The number of hydrogen-bond acceptors (Lipinski definition) is 2. The molecule has 0 amide bonds. The summed E-state index contributed by atoms with van der Waals surface area (Å²) in [5.41, 5.74) is 1.22. The molecular formula is C16H12F2N3. The molecule has 0 atom stereocenters. The second-order valence-corrected chi connectivity index (χ2v) is 4.56. The van der Waals surface area contributed by atoms with E-state index in [0.29, 0.717) is 12.1 Å². The van der Waals surface area contributed by atoms with Crippen molar-refractivity contribution < 1.29 is 8.78 Å². The minimum Gasteiger partial charge on any atom is -0.252 e. The summed E-state index contributed by atoms with van der Waals surface area (Å²) < 4.78 is 28.8. The summed E-state index contributed by atoms with van der Waals surface area (Å²) in [5.74, 6) is -0.461. The molecule has 0 unspecified atom stereocenters. The van der Waals surface area contributed by atoms with E-state index in [2.05, 4.69) is 10.1 Å². The third-order valence-electron chi connectivity index (χ3n) is 3.17. The number of aromatic nitrogens is 3. The molecular weight excluding hydrogens is 272 g/mol. The quantitative estimate of drug-likeness (QED) is 0.736. The second-order valence-electron chi connectivity index (χ2n) is 4.56. The van der Waals surface area contributed by atoms with Crippen molar-refractivity contribution in [1.29, 1.82) is 0 Å². The van der Waals surface area contributed by atoms with Crippen molar-refractivity contribution in [3.8, 4) is 0 Å². The Kier molecular flexibility index (Phi) is 3.73. The first-order valence-electron chi connectivity index (χ1n) is 6.43. The molecule has 2 aromatic carbocycles. The molecule has 1 radical (unpaired) electrons. The summed E-state index contributed by atoms with van der Waals surface area (Å²) in [6.45, 7) is 0.354. The first-order valence-corrected chi connectivity index (χ1v) is 6.43. The summed E-state index contributed by atoms with van der Waals surface area (Å²) in [4.78, 5) is 3.88. The Labute approximate surface area is 120 Å². The van der Waals surface area contributed by atoms with Gasteiger partial charge in [-0.2, -0.15) is 5.10 Å². The fourth-order valence-corrected chi connectivity index (χ4v) is 2.18. The van der Waals surface area contributed by atoms with Crippen molar-refractivity contribution in [2.45, 2.75) is 6.54 Å². The minimum absolute atomic E-state index is 0.354. The van der Waals surface area contributed by atoms with Gasteiger partial charge >= 0.3 is 0 Å². The lowest BCUT2D eigenvalue weighted by Gasteiger charge is -2.17. The van der Waals surface area contributed by atoms with Crippen molar-refractivity contribution in [2.75, 3.05) is 0 Å². The molecule has 0 N–H and O–H groups in total. The Balaban J connectivity index is 2.03. The summed E-state index contributed by atoms with van der Waals surface area (Å²) in [6, 6.07) is 13.0. The molecule has 3 aromatic rings. The molecule has 0 aliphatic rings. The van der Waals surface area contributed by atoms with Gasteiger partial charge in [0.2, 0.25) is 0 Å². The number of halogens is 2. The van der Waals surface area contributed by atoms with E-state index >= 15 is 0 Å². The van der Waals surface area contributed by atoms with Gasteiger partial charge in [0, 0.05) is 11.6 Å². The van der Waals surface area contributed by atoms with Crippen LogP contribution in [0.3, 0.4) is 0 Å². The summed E-state index contributed by atoms with van der Waals surface area (Å²) in [5, 5.41) is 4.04. The summed E-state index contributed by atoms with van der Waals surface area (Å²) in [7, 11) is 0. The summed E-state index contributed by atoms with van der Waals surface area (Å²) in [6.07, 6.45) is 2.98. The maximum atomic E-state index is 14.1. The lowest BCUT2D eigenvalue weighted by Crippen LogP contribution is -2.13. The van der Waals surface area contributed by atoms with Crippen LogP contribution >= 0.6 is 0 Å². The Hall–Kier alpha value is -2.56. The molecule has 0 saturated carbocycles. The van der Waals surface area contributed by atoms with Crippen LogP contribution in [0.4, 0.5) is 8.78 Å². The Morgan fingerprint density at radius 1 is 1.05 bits per heavy atom. The molecule has 3 rings (SSSR count). The lowest BCUT2D eigenvalue weighted by atomic mass is 9.91. The standard InChI is InChI=1S/C16H12F2N3/c17-13-6-7-14(16(18)8-13)15(9-21-11-19-10-20-21)12-4-2-1-3-5-12/h1-8,10-11H,9H2. The van der Waals surface area contributed by atoms with Crippen LogP contribution < -0.4 is 0 Å². The monoisotopic (exact) mass is 284 g/mol. The van der Waals surface area contributed by atoms with E-state index in [0.717, 1.165) is 17.5 Å². The van der Waals surface area contributed by atoms with E-state index in [1.54, 1.807) is 11.0 Å². The third-order valence-corrected chi connectivity index (χ3v) is 3.17. The molecule has 0 fully saturated rings. The van der Waals surface area contributed by atoms with Gasteiger partial charge in [-0.05, 0) is 11.6 Å². The molecule has 3 nitrogen and oxygen atoms in total. The highest BCUT2D eigenvalue weighted by Crippen LogP contribution is 2.27. The Bertz CT molecular complexity index is 712. The van der Waals surface area contributed by atoms with Crippen LogP contribution in [-0.4, -0.2) is 14.8 Å². The van der Waals surface area contributed by atoms with Crippen LogP contribution in [0.25, 0.3) is 0 Å². The van der Waals surface area contributed by atoms with Crippen molar-refractivity contribution in [2.24, 2.45) is 0 Å². The Morgan fingerprint density at radius 2 is 1.86 bits per heavy atom. The fraction of sp³-hybridized carbons (Fsp3) is 0.0625. The predicted octanol–water partition coefficient (Wildman–Crippen LogP) is 3.23. The van der Waals surface area contributed by atoms with E-state index in [1.807, 2.05) is 30.3 Å². The van der Waals surface area contributed by atoms with Crippen molar-refractivity contribution in [3.63, 3.8) is 0 Å². The van der Waals surface area contributed by atoms with E-state index in [1.165, 1.54) is 18.5 Å². The number of rotatable bonds is 4. The van der Waals surface area contributed by atoms with Gasteiger partial charge in [0.1, 0.15) is 24.3 Å². The van der Waals surface area contributed by atoms with Crippen molar-refractivity contribution in [1.82, 2.24) is 14.8 Å². The molecule has 0 bridgehead atoms. The van der Waals surface area contributed by atoms with Gasteiger partial charge in [-0.1, -0.05) is 36.4 Å². The lowest BCUT2D eigenvalue weighted by molar-refractivity contribution is 0.567. The average Bonchev–Trinajstić information content (AvgIpc) is 2.99. The SMILES string of the molecule is Fc1ccc([C](Cn2cncn2)c2ccccc2)c(F)c1. The van der Waals surface area contributed by atoms with E-state index in [-0.39, 0.29) is 0 Å². The highest BCUT2D eigenvalue weighted by Gasteiger charge is 2.20. The van der Waals surface area contributed by atoms with Gasteiger partial charge in [0.25, 0.3) is 0 Å². The van der Waals surface area contributed by atoms with Crippen LogP contribution in [0.1, 0.15) is 11.1 Å². The smallest absolute Gasteiger partial charge is 0.137 e. The molecule has 1 heterocycles. The van der Waals surface area contributed by atoms with E-state index in [4.69, 9.17) is 0 Å². The van der Waals surface area contributed by atoms with E-state index in [9.17, 15) is 8.78 Å². The van der Waals surface area contributed by atoms with Crippen LogP contribution in [0.2, 0.25) is 0 Å². The first-order chi connectivity index (χ1) is 10.2. The molecule has 1 aromatic heterocycles. The fourth-order valence-electron chi connectivity index (χ4n) is 2.18.